The smallest absolute Gasteiger partial charge is 0.347 e. The van der Waals surface area contributed by atoms with E-state index in [1.165, 1.54) is 13.2 Å². The molecule has 2 amide bonds. The maximum Gasteiger partial charge on any atom is 0.347 e. The molecule has 2 N–H and O–H groups in total. The number of rotatable bonds is 7. The predicted octanol–water partition coefficient (Wildman–Crippen LogP) is 3.28. The van der Waals surface area contributed by atoms with Crippen LogP contribution in [0.15, 0.2) is 41.4 Å². The van der Waals surface area contributed by atoms with Crippen molar-refractivity contribution in [2.24, 2.45) is 17.8 Å². The molecule has 5 atom stereocenters. The molecular formula is C29H38AlClN2O7. The molecule has 40 heavy (non-hydrogen) atoms. The summed E-state index contributed by atoms with van der Waals surface area (Å²) in [5.74, 6) is -2.62. The Balaban J connectivity index is 2.37. The molecule has 0 saturated carbocycles. The van der Waals surface area contributed by atoms with Crippen LogP contribution in [0.5, 0.6) is 5.75 Å². The van der Waals surface area contributed by atoms with Crippen molar-refractivity contribution in [1.82, 2.24) is 10.6 Å². The average molecular weight is 589 g/mol. The lowest BCUT2D eigenvalue weighted by Crippen LogP contribution is -2.49. The Hall–Kier alpha value is -2.80. The van der Waals surface area contributed by atoms with Gasteiger partial charge in [-0.2, -0.15) is 4.94 Å². The number of benzene rings is 1. The Labute approximate surface area is 249 Å². The third-order valence-electron chi connectivity index (χ3n) is 6.39. The number of hydrogen-bond donors (Lipinski definition) is 2. The van der Waals surface area contributed by atoms with E-state index < -0.39 is 47.9 Å². The van der Waals surface area contributed by atoms with Gasteiger partial charge in [-0.25, -0.2) is 4.79 Å². The van der Waals surface area contributed by atoms with Gasteiger partial charge >= 0.3 is 11.9 Å². The molecule has 9 nitrogen and oxygen atoms in total. The minimum absolute atomic E-state index is 0.0503. The zero-order valence-corrected chi connectivity index (χ0v) is 25.6. The number of hydrogen-bond acceptors (Lipinski definition) is 7. The van der Waals surface area contributed by atoms with Crippen LogP contribution in [0.2, 0.25) is 5.02 Å². The second-order valence-corrected chi connectivity index (χ2v) is 11.1. The Morgan fingerprint density at radius 2 is 1.88 bits per heavy atom. The lowest BCUT2D eigenvalue weighted by atomic mass is 10.0. The number of carbonyl (C=O) groups excluding carboxylic acids is 4. The standard InChI is InChI=1S/C29H38ClN2O7.Al/c1-7-18(4)23-9-8-10-26(33)32-22(15-20-11-12-24(37-6)21(30)14-20)27(34)31-16-19(5)28(35)39-25(13-17(2)3)29(36)38-23;/h1,7-8,10-12,14,17-19,22-23,25H,9,13,15-16H2,2-6H3,(H,31,34)(H,32,33);/b7-1?,10-8+;/t18-,19-,22-,23+,25+;/m1./s1. The molecule has 1 aromatic rings. The first kappa shape index (κ1) is 33.4. The fourth-order valence-corrected chi connectivity index (χ4v) is 4.67. The lowest BCUT2D eigenvalue weighted by molar-refractivity contribution is -0.175. The molecule has 0 aromatic heterocycles. The molecule has 2 rings (SSSR count). The third-order valence-corrected chi connectivity index (χ3v) is 6.90. The van der Waals surface area contributed by atoms with E-state index >= 15 is 0 Å². The van der Waals surface area contributed by atoms with E-state index in [0.717, 1.165) is 0 Å². The molecule has 1 aromatic carbocycles. The molecule has 0 unspecified atom stereocenters. The van der Waals surface area contributed by atoms with Gasteiger partial charge in [0, 0.05) is 25.3 Å². The van der Waals surface area contributed by atoms with Crippen molar-refractivity contribution in [3.05, 3.63) is 52.0 Å². The van der Waals surface area contributed by atoms with Gasteiger partial charge in [0.1, 0.15) is 17.9 Å². The summed E-state index contributed by atoms with van der Waals surface area (Å²) in [4.78, 5) is 53.7. The van der Waals surface area contributed by atoms with Crippen LogP contribution in [0.1, 0.15) is 46.1 Å². The highest BCUT2D eigenvalue weighted by atomic mass is 35.5. The van der Waals surface area contributed by atoms with Gasteiger partial charge in [0.05, 0.1) is 18.1 Å². The van der Waals surface area contributed by atoms with Crippen molar-refractivity contribution in [2.75, 3.05) is 13.7 Å². The van der Waals surface area contributed by atoms with Crippen LogP contribution in [-0.4, -0.2) is 71.9 Å². The van der Waals surface area contributed by atoms with E-state index in [4.69, 9.17) is 25.8 Å². The SMILES string of the molecule is COc1ccc(C[C@H]2NC(=O)/C=C/C[C@@H]([C@H](C)/C=[CH]/[Al])OC(=O)[C@H](CC(C)C)OC(=O)[C@H](C)CNC2=O)cc1Cl. The molecule has 216 valence electrons. The van der Waals surface area contributed by atoms with Crippen LogP contribution < -0.4 is 15.4 Å². The maximum absolute atomic E-state index is 13.1. The zero-order valence-electron chi connectivity index (χ0n) is 23.6. The van der Waals surface area contributed by atoms with Gasteiger partial charge in [-0.3, -0.25) is 14.4 Å². The average Bonchev–Trinajstić information content (AvgIpc) is 2.89. The highest BCUT2D eigenvalue weighted by Crippen LogP contribution is 2.25. The summed E-state index contributed by atoms with van der Waals surface area (Å²) >= 11 is 8.73. The minimum Gasteiger partial charge on any atom is -0.495 e. The molecule has 0 spiro atoms. The second-order valence-electron chi connectivity index (χ2n) is 10.3. The first-order valence-electron chi connectivity index (χ1n) is 13.3. The van der Waals surface area contributed by atoms with Crippen LogP contribution in [-0.2, 0) is 35.1 Å². The third kappa shape index (κ3) is 10.6. The highest BCUT2D eigenvalue weighted by molar-refractivity contribution is 6.32. The van der Waals surface area contributed by atoms with E-state index in [9.17, 15) is 19.2 Å². The second kappa shape index (κ2) is 16.5. The Kier molecular flexibility index (Phi) is 13.8. The largest absolute Gasteiger partial charge is 0.495 e. The van der Waals surface area contributed by atoms with Crippen molar-refractivity contribution < 1.29 is 33.4 Å². The number of nitrogens with one attached hydrogen (secondary N) is 2. The lowest BCUT2D eigenvalue weighted by Gasteiger charge is -2.26. The number of amides is 2. The van der Waals surface area contributed by atoms with Gasteiger partial charge in [0.15, 0.2) is 22.4 Å². The van der Waals surface area contributed by atoms with Crippen molar-refractivity contribution >= 4 is 51.6 Å². The molecule has 0 saturated heterocycles. The summed E-state index contributed by atoms with van der Waals surface area (Å²) in [7, 11) is 1.50. The van der Waals surface area contributed by atoms with E-state index in [2.05, 4.69) is 26.9 Å². The molecular weight excluding hydrogens is 551 g/mol. The molecule has 1 heterocycles. The first-order chi connectivity index (χ1) is 18.9. The van der Waals surface area contributed by atoms with Crippen molar-refractivity contribution in [3.8, 4) is 5.75 Å². The number of ether oxygens (including phenoxy) is 3. The van der Waals surface area contributed by atoms with Gasteiger partial charge in [-0.15, -0.1) is 6.08 Å². The minimum atomic E-state index is -1.09. The number of carbonyl (C=O) groups is 4. The summed E-state index contributed by atoms with van der Waals surface area (Å²) in [5.41, 5.74) is 0.707. The molecule has 0 fully saturated rings. The van der Waals surface area contributed by atoms with Gasteiger partial charge < -0.3 is 24.8 Å². The summed E-state index contributed by atoms with van der Waals surface area (Å²) in [6.07, 6.45) is 3.76. The fourth-order valence-electron chi connectivity index (χ4n) is 4.04. The molecule has 1 aliphatic rings. The van der Waals surface area contributed by atoms with Crippen LogP contribution >= 0.6 is 11.6 Å². The highest BCUT2D eigenvalue weighted by Gasteiger charge is 2.31. The monoisotopic (exact) mass is 588 g/mol. The number of cyclic esters (lactones) is 2. The summed E-state index contributed by atoms with van der Waals surface area (Å²) in [6, 6.07) is 4.17. The summed E-state index contributed by atoms with van der Waals surface area (Å²) < 4.78 is 16.6. The van der Waals surface area contributed by atoms with Crippen LogP contribution in [0, 0.1) is 17.8 Å². The molecule has 2 radical (unpaired) electrons. The van der Waals surface area contributed by atoms with Gasteiger partial charge in [0.25, 0.3) is 0 Å². The van der Waals surface area contributed by atoms with Crippen molar-refractivity contribution in [3.63, 3.8) is 0 Å². The van der Waals surface area contributed by atoms with E-state index in [1.807, 2.05) is 26.8 Å². The maximum atomic E-state index is 13.1. The zero-order chi connectivity index (χ0) is 29.8. The molecule has 0 aliphatic carbocycles. The Morgan fingerprint density at radius 3 is 2.50 bits per heavy atom. The quantitative estimate of drug-likeness (QED) is 0.370. The topological polar surface area (TPSA) is 120 Å². The van der Waals surface area contributed by atoms with Gasteiger partial charge in [-0.1, -0.05) is 51.4 Å². The number of halogens is 1. The van der Waals surface area contributed by atoms with Crippen LogP contribution in [0.3, 0.4) is 0 Å². The molecule has 0 bridgehead atoms. The van der Waals surface area contributed by atoms with Crippen molar-refractivity contribution in [1.29, 1.82) is 0 Å². The number of esters is 2. The predicted molar refractivity (Wildman–Crippen MR) is 153 cm³/mol. The van der Waals surface area contributed by atoms with Crippen molar-refractivity contribution in [2.45, 2.75) is 65.2 Å². The van der Waals surface area contributed by atoms with E-state index in [-0.39, 0.29) is 37.6 Å². The number of methoxy groups -OCH3 is 1. The van der Waals surface area contributed by atoms with E-state index in [0.29, 0.717) is 16.3 Å². The Morgan fingerprint density at radius 1 is 1.15 bits per heavy atom. The molecule has 1 aliphatic heterocycles. The van der Waals surface area contributed by atoms with Gasteiger partial charge in [-0.05, 0) is 36.1 Å². The van der Waals surface area contributed by atoms with E-state index in [1.54, 1.807) is 36.1 Å². The van der Waals surface area contributed by atoms with Crippen LogP contribution in [0.4, 0.5) is 0 Å². The normalized spacial score (nSPS) is 25.1. The first-order valence-corrected chi connectivity index (χ1v) is 14.4. The molecule has 11 heteroatoms. The van der Waals surface area contributed by atoms with Gasteiger partial charge in [0.2, 0.25) is 11.8 Å². The van der Waals surface area contributed by atoms with Crippen LogP contribution in [0.25, 0.3) is 0 Å². The Bertz CT molecular complexity index is 1110. The summed E-state index contributed by atoms with van der Waals surface area (Å²) in [5, 5.41) is 5.81. The summed E-state index contributed by atoms with van der Waals surface area (Å²) in [6.45, 7) is 7.26. The fraction of sp³-hybridized carbons (Fsp3) is 0.517.